The van der Waals surface area contributed by atoms with Gasteiger partial charge in [0.25, 0.3) is 0 Å². The van der Waals surface area contributed by atoms with Crippen molar-refractivity contribution >= 4 is 17.4 Å². The second-order valence-electron chi connectivity index (χ2n) is 7.25. The summed E-state index contributed by atoms with van der Waals surface area (Å²) >= 11 is 1.94. The van der Waals surface area contributed by atoms with Gasteiger partial charge in [-0.3, -0.25) is 0 Å². The molecule has 3 aromatic rings. The Hall–Kier alpha value is -2.79. The summed E-state index contributed by atoms with van der Waals surface area (Å²) in [7, 11) is 1.72. The second kappa shape index (κ2) is 7.91. The Labute approximate surface area is 175 Å². The zero-order valence-electron chi connectivity index (χ0n) is 16.3. The quantitative estimate of drug-likeness (QED) is 0.558. The summed E-state index contributed by atoms with van der Waals surface area (Å²) in [5, 5.41) is 0.396. The third-order valence-corrected chi connectivity index (χ3v) is 6.80. The van der Waals surface area contributed by atoms with Crippen LogP contribution in [0.5, 0.6) is 17.2 Å². The van der Waals surface area contributed by atoms with Gasteiger partial charge in [-0.05, 0) is 53.9 Å². The first-order valence-electron chi connectivity index (χ1n) is 9.83. The van der Waals surface area contributed by atoms with Crippen molar-refractivity contribution < 1.29 is 14.2 Å². The van der Waals surface area contributed by atoms with Crippen molar-refractivity contribution in [1.29, 1.82) is 0 Å². The number of para-hydroxylation sites is 1. The molecule has 0 aromatic heterocycles. The topological polar surface area (TPSA) is 30.9 Å². The van der Waals surface area contributed by atoms with Crippen LogP contribution >= 0.6 is 11.8 Å². The average Bonchev–Trinajstić information content (AvgIpc) is 3.16. The highest BCUT2D eigenvalue weighted by Gasteiger charge is 2.24. The van der Waals surface area contributed by atoms with Crippen LogP contribution in [0.4, 0.5) is 5.69 Å². The van der Waals surface area contributed by atoms with E-state index < -0.39 is 0 Å². The third kappa shape index (κ3) is 3.75. The lowest BCUT2D eigenvalue weighted by molar-refractivity contribution is 0.174. The van der Waals surface area contributed by atoms with Crippen LogP contribution in [0.25, 0.3) is 0 Å². The van der Waals surface area contributed by atoms with E-state index in [0.29, 0.717) is 12.0 Å². The van der Waals surface area contributed by atoms with E-state index in [1.165, 1.54) is 21.7 Å². The number of ether oxygens (including phenoxy) is 3. The minimum atomic E-state index is 0.310. The van der Waals surface area contributed by atoms with E-state index in [0.717, 1.165) is 36.8 Å². The van der Waals surface area contributed by atoms with E-state index in [2.05, 4.69) is 59.5 Å². The van der Waals surface area contributed by atoms with Gasteiger partial charge in [0.05, 0.1) is 12.8 Å². The molecule has 2 heterocycles. The van der Waals surface area contributed by atoms with Crippen LogP contribution in [0.15, 0.2) is 71.6 Å². The van der Waals surface area contributed by atoms with Crippen LogP contribution in [-0.4, -0.2) is 20.4 Å². The van der Waals surface area contributed by atoms with Gasteiger partial charge in [-0.1, -0.05) is 30.3 Å². The molecule has 0 spiro atoms. The Morgan fingerprint density at radius 1 is 1.00 bits per heavy atom. The summed E-state index contributed by atoms with van der Waals surface area (Å²) < 4.78 is 16.5. The Balaban J connectivity index is 1.42. The molecule has 1 atom stereocenters. The smallest absolute Gasteiger partial charge is 0.231 e. The Morgan fingerprint density at radius 2 is 1.90 bits per heavy atom. The molecule has 4 nitrogen and oxygen atoms in total. The summed E-state index contributed by atoms with van der Waals surface area (Å²) in [5.74, 6) is 2.59. The van der Waals surface area contributed by atoms with Crippen molar-refractivity contribution in [3.05, 3.63) is 77.9 Å². The number of hydrogen-bond acceptors (Lipinski definition) is 5. The van der Waals surface area contributed by atoms with Gasteiger partial charge in [-0.25, -0.2) is 0 Å². The molecule has 0 saturated carbocycles. The largest absolute Gasteiger partial charge is 0.497 e. The molecule has 0 fully saturated rings. The monoisotopic (exact) mass is 405 g/mol. The van der Waals surface area contributed by atoms with Crippen LogP contribution in [0.1, 0.15) is 22.8 Å². The van der Waals surface area contributed by atoms with Gasteiger partial charge in [0.15, 0.2) is 11.5 Å². The van der Waals surface area contributed by atoms with Gasteiger partial charge in [-0.15, -0.1) is 11.8 Å². The van der Waals surface area contributed by atoms with Crippen molar-refractivity contribution in [2.45, 2.75) is 23.1 Å². The summed E-state index contributed by atoms with van der Waals surface area (Å²) in [6.07, 6.45) is 1.07. The molecule has 0 saturated heterocycles. The lowest BCUT2D eigenvalue weighted by Crippen LogP contribution is -2.23. The predicted octanol–water partition coefficient (Wildman–Crippen LogP) is 5.67. The van der Waals surface area contributed by atoms with Crippen LogP contribution in [0.2, 0.25) is 0 Å². The highest BCUT2D eigenvalue weighted by atomic mass is 32.2. The first-order chi connectivity index (χ1) is 14.3. The first kappa shape index (κ1) is 18.3. The van der Waals surface area contributed by atoms with Crippen molar-refractivity contribution in [2.75, 3.05) is 25.3 Å². The summed E-state index contributed by atoms with van der Waals surface area (Å²) in [5.41, 5.74) is 3.84. The van der Waals surface area contributed by atoms with Gasteiger partial charge < -0.3 is 19.1 Å². The number of fused-ring (bicyclic) bond motifs is 2. The molecule has 0 amide bonds. The van der Waals surface area contributed by atoms with Crippen LogP contribution in [0, 0.1) is 0 Å². The van der Waals surface area contributed by atoms with E-state index in [-0.39, 0.29) is 0 Å². The molecule has 2 aliphatic rings. The lowest BCUT2D eigenvalue weighted by Gasteiger charge is -2.24. The highest BCUT2D eigenvalue weighted by Crippen LogP contribution is 2.46. The fourth-order valence-electron chi connectivity index (χ4n) is 3.92. The van der Waals surface area contributed by atoms with Crippen molar-refractivity contribution in [3.63, 3.8) is 0 Å². The number of anilines is 1. The van der Waals surface area contributed by atoms with E-state index in [9.17, 15) is 0 Å². The Bertz CT molecular complexity index is 1020. The number of benzene rings is 3. The number of nitrogens with zero attached hydrogens (tertiary/aromatic N) is 1. The summed E-state index contributed by atoms with van der Waals surface area (Å²) in [4.78, 5) is 3.79. The van der Waals surface area contributed by atoms with Crippen molar-refractivity contribution in [3.8, 4) is 17.2 Å². The predicted molar refractivity (Wildman–Crippen MR) is 116 cm³/mol. The normalized spacial score (nSPS) is 17.6. The summed E-state index contributed by atoms with van der Waals surface area (Å²) in [6.45, 7) is 2.14. The lowest BCUT2D eigenvalue weighted by atomic mass is 10.1. The molecule has 5 rings (SSSR count). The molecule has 5 heteroatoms. The standard InChI is InChI=1S/C24H23NO3S/c1-26-19-6-4-5-18(14-19)23-11-12-25(20-7-2-3-8-24(20)29-23)15-17-9-10-21-22(13-17)28-16-27-21/h2-10,13-14,23H,11-12,15-16H2,1H3. The molecule has 2 aliphatic heterocycles. The zero-order valence-corrected chi connectivity index (χ0v) is 17.2. The fraction of sp³-hybridized carbons (Fsp3) is 0.250. The zero-order chi connectivity index (χ0) is 19.6. The number of hydrogen-bond donors (Lipinski definition) is 0. The first-order valence-corrected chi connectivity index (χ1v) is 10.7. The molecular formula is C24H23NO3S. The van der Waals surface area contributed by atoms with E-state index in [1.807, 2.05) is 23.9 Å². The van der Waals surface area contributed by atoms with Gasteiger partial charge in [0, 0.05) is 23.2 Å². The fourth-order valence-corrected chi connectivity index (χ4v) is 5.21. The second-order valence-corrected chi connectivity index (χ2v) is 8.49. The minimum absolute atomic E-state index is 0.310. The SMILES string of the molecule is COc1cccc(C2CCN(Cc3ccc4c(c3)OCO4)c3ccccc3S2)c1. The number of thioether (sulfide) groups is 1. The molecule has 3 aromatic carbocycles. The van der Waals surface area contributed by atoms with E-state index >= 15 is 0 Å². The van der Waals surface area contributed by atoms with Crippen molar-refractivity contribution in [1.82, 2.24) is 0 Å². The molecule has 0 bridgehead atoms. The average molecular weight is 406 g/mol. The molecule has 1 unspecified atom stereocenters. The minimum Gasteiger partial charge on any atom is -0.497 e. The highest BCUT2D eigenvalue weighted by molar-refractivity contribution is 7.99. The van der Waals surface area contributed by atoms with Gasteiger partial charge in [-0.2, -0.15) is 0 Å². The van der Waals surface area contributed by atoms with E-state index in [4.69, 9.17) is 14.2 Å². The Kier molecular flexibility index (Phi) is 4.98. The molecule has 0 aliphatic carbocycles. The maximum atomic E-state index is 5.56. The van der Waals surface area contributed by atoms with Crippen LogP contribution in [-0.2, 0) is 6.54 Å². The van der Waals surface area contributed by atoms with Gasteiger partial charge in [0.2, 0.25) is 6.79 Å². The Morgan fingerprint density at radius 3 is 2.83 bits per heavy atom. The molecule has 148 valence electrons. The van der Waals surface area contributed by atoms with Crippen LogP contribution < -0.4 is 19.1 Å². The maximum absolute atomic E-state index is 5.56. The van der Waals surface area contributed by atoms with Crippen LogP contribution in [0.3, 0.4) is 0 Å². The van der Waals surface area contributed by atoms with Gasteiger partial charge >= 0.3 is 0 Å². The van der Waals surface area contributed by atoms with Gasteiger partial charge in [0.1, 0.15) is 5.75 Å². The molecule has 0 radical (unpaired) electrons. The van der Waals surface area contributed by atoms with Crippen molar-refractivity contribution in [2.24, 2.45) is 0 Å². The molecule has 0 N–H and O–H groups in total. The van der Waals surface area contributed by atoms with E-state index in [1.54, 1.807) is 7.11 Å². The maximum Gasteiger partial charge on any atom is 0.231 e. The number of rotatable bonds is 4. The summed E-state index contributed by atoms with van der Waals surface area (Å²) in [6, 6.07) is 23.4. The number of methoxy groups -OCH3 is 1. The molecular weight excluding hydrogens is 382 g/mol. The molecule has 29 heavy (non-hydrogen) atoms. The third-order valence-electron chi connectivity index (χ3n) is 5.41.